The van der Waals surface area contributed by atoms with Gasteiger partial charge >= 0.3 is 0 Å². The first-order valence-corrected chi connectivity index (χ1v) is 8.20. The maximum atomic E-state index is 13.2. The highest BCUT2D eigenvalue weighted by atomic mass is 32.2. The van der Waals surface area contributed by atoms with Gasteiger partial charge in [-0.3, -0.25) is 0 Å². The lowest BCUT2D eigenvalue weighted by molar-refractivity contribution is 0.487. The Morgan fingerprint density at radius 1 is 1.37 bits per heavy atom. The molecule has 1 N–H and O–H groups in total. The summed E-state index contributed by atoms with van der Waals surface area (Å²) in [6, 6.07) is 9.42. The van der Waals surface area contributed by atoms with E-state index in [0.717, 1.165) is 18.5 Å². The van der Waals surface area contributed by atoms with E-state index in [-0.39, 0.29) is 5.82 Å². The lowest BCUT2D eigenvalue weighted by Gasteiger charge is -2.27. The Bertz CT molecular complexity index is 567. The SMILES string of the molecule is C[C@H]1CC(NCc2cccc(F)c2)c2ccsc2S1. The van der Waals surface area contributed by atoms with E-state index in [2.05, 4.69) is 23.7 Å². The molecule has 2 heterocycles. The molecule has 2 aromatic rings. The summed E-state index contributed by atoms with van der Waals surface area (Å²) < 4.78 is 14.6. The molecule has 1 aromatic carbocycles. The Balaban J connectivity index is 1.71. The molecule has 0 saturated carbocycles. The third-order valence-corrected chi connectivity index (χ3v) is 5.70. The van der Waals surface area contributed by atoms with Gasteiger partial charge in [0.1, 0.15) is 5.82 Å². The van der Waals surface area contributed by atoms with E-state index in [4.69, 9.17) is 0 Å². The van der Waals surface area contributed by atoms with Gasteiger partial charge in [-0.05, 0) is 41.1 Å². The van der Waals surface area contributed by atoms with Crippen molar-refractivity contribution in [2.45, 2.75) is 35.4 Å². The van der Waals surface area contributed by atoms with Gasteiger partial charge in [0.15, 0.2) is 0 Å². The Hall–Kier alpha value is -0.840. The zero-order valence-corrected chi connectivity index (χ0v) is 12.4. The molecule has 19 heavy (non-hydrogen) atoms. The molecule has 1 nitrogen and oxygen atoms in total. The van der Waals surface area contributed by atoms with E-state index in [1.165, 1.54) is 15.8 Å². The standard InChI is InChI=1S/C15H16FNS2/c1-10-7-14(13-5-6-18-15(13)19-10)17-9-11-3-2-4-12(16)8-11/h2-6,8,10,14,17H,7,9H2,1H3/t10-,14?/m0/s1. The zero-order chi connectivity index (χ0) is 13.2. The quantitative estimate of drug-likeness (QED) is 0.887. The van der Waals surface area contributed by atoms with Crippen LogP contribution in [0.15, 0.2) is 39.9 Å². The van der Waals surface area contributed by atoms with Crippen LogP contribution in [-0.2, 0) is 6.54 Å². The Kier molecular flexibility index (Phi) is 3.91. The second kappa shape index (κ2) is 5.65. The van der Waals surface area contributed by atoms with Crippen LogP contribution in [0.2, 0.25) is 0 Å². The predicted octanol–water partition coefficient (Wildman–Crippen LogP) is 4.60. The number of hydrogen-bond donors (Lipinski definition) is 1. The number of thioether (sulfide) groups is 1. The predicted molar refractivity (Wildman–Crippen MR) is 80.2 cm³/mol. The van der Waals surface area contributed by atoms with Crippen LogP contribution >= 0.6 is 23.1 Å². The van der Waals surface area contributed by atoms with Crippen LogP contribution in [-0.4, -0.2) is 5.25 Å². The first kappa shape index (κ1) is 13.2. The van der Waals surface area contributed by atoms with Gasteiger partial charge in [-0.2, -0.15) is 0 Å². The van der Waals surface area contributed by atoms with Crippen LogP contribution in [0.1, 0.15) is 30.5 Å². The van der Waals surface area contributed by atoms with Gasteiger partial charge in [-0.25, -0.2) is 4.39 Å². The summed E-state index contributed by atoms with van der Waals surface area (Å²) in [5, 5.41) is 6.36. The van der Waals surface area contributed by atoms with Gasteiger partial charge < -0.3 is 5.32 Å². The summed E-state index contributed by atoms with van der Waals surface area (Å²) in [4.78, 5) is 0. The van der Waals surface area contributed by atoms with E-state index in [1.54, 1.807) is 12.1 Å². The number of fused-ring (bicyclic) bond motifs is 1. The maximum Gasteiger partial charge on any atom is 0.123 e. The maximum absolute atomic E-state index is 13.2. The molecule has 0 spiro atoms. The minimum atomic E-state index is -0.164. The number of halogens is 1. The molecule has 0 saturated heterocycles. The highest BCUT2D eigenvalue weighted by molar-refractivity contribution is 8.01. The van der Waals surface area contributed by atoms with E-state index in [1.807, 2.05) is 29.2 Å². The van der Waals surface area contributed by atoms with Crippen molar-refractivity contribution in [2.75, 3.05) is 0 Å². The fourth-order valence-electron chi connectivity index (χ4n) is 2.43. The van der Waals surface area contributed by atoms with Gasteiger partial charge in [-0.15, -0.1) is 23.1 Å². The van der Waals surface area contributed by atoms with E-state index in [0.29, 0.717) is 11.3 Å². The minimum Gasteiger partial charge on any atom is -0.306 e. The summed E-state index contributed by atoms with van der Waals surface area (Å²) in [5.74, 6) is -0.164. The molecule has 0 aliphatic carbocycles. The van der Waals surface area contributed by atoms with Crippen molar-refractivity contribution in [1.82, 2.24) is 5.32 Å². The fourth-order valence-corrected chi connectivity index (χ4v) is 5.00. The Morgan fingerprint density at radius 3 is 3.11 bits per heavy atom. The van der Waals surface area contributed by atoms with Gasteiger partial charge in [0, 0.05) is 17.8 Å². The highest BCUT2D eigenvalue weighted by Gasteiger charge is 2.25. The summed E-state index contributed by atoms with van der Waals surface area (Å²) in [7, 11) is 0. The van der Waals surface area contributed by atoms with Crippen LogP contribution in [0, 0.1) is 5.82 Å². The Labute approximate surface area is 121 Å². The molecule has 0 amide bonds. The third kappa shape index (κ3) is 3.02. The highest BCUT2D eigenvalue weighted by Crippen LogP contribution is 2.43. The summed E-state index contributed by atoms with van der Waals surface area (Å²) in [6.07, 6.45) is 1.13. The van der Waals surface area contributed by atoms with Crippen LogP contribution in [0.25, 0.3) is 0 Å². The number of thiophene rings is 1. The van der Waals surface area contributed by atoms with Crippen LogP contribution in [0.4, 0.5) is 4.39 Å². The molecule has 100 valence electrons. The van der Waals surface area contributed by atoms with Gasteiger partial charge in [0.2, 0.25) is 0 Å². The molecule has 1 aromatic heterocycles. The normalized spacial score (nSPS) is 22.2. The molecule has 2 atom stereocenters. The van der Waals surface area contributed by atoms with Crippen molar-refractivity contribution < 1.29 is 4.39 Å². The monoisotopic (exact) mass is 293 g/mol. The smallest absolute Gasteiger partial charge is 0.123 e. The third-order valence-electron chi connectivity index (χ3n) is 3.35. The molecule has 0 radical (unpaired) electrons. The average molecular weight is 293 g/mol. The number of benzene rings is 1. The van der Waals surface area contributed by atoms with Crippen LogP contribution in [0.5, 0.6) is 0 Å². The van der Waals surface area contributed by atoms with Gasteiger partial charge in [0.25, 0.3) is 0 Å². The van der Waals surface area contributed by atoms with Crippen molar-refractivity contribution in [2.24, 2.45) is 0 Å². The molecule has 0 bridgehead atoms. The number of hydrogen-bond acceptors (Lipinski definition) is 3. The number of rotatable bonds is 3. The number of nitrogens with one attached hydrogen (secondary N) is 1. The molecule has 3 rings (SSSR count). The summed E-state index contributed by atoms with van der Waals surface area (Å²) in [5.41, 5.74) is 2.41. The molecular weight excluding hydrogens is 277 g/mol. The second-order valence-corrected chi connectivity index (χ2v) is 7.51. The van der Waals surface area contributed by atoms with Crippen molar-refractivity contribution in [1.29, 1.82) is 0 Å². The molecule has 4 heteroatoms. The van der Waals surface area contributed by atoms with Crippen molar-refractivity contribution >= 4 is 23.1 Å². The van der Waals surface area contributed by atoms with Crippen molar-refractivity contribution in [3.05, 3.63) is 52.7 Å². The van der Waals surface area contributed by atoms with Gasteiger partial charge in [0.05, 0.1) is 4.21 Å². The Morgan fingerprint density at radius 2 is 2.26 bits per heavy atom. The first-order valence-electron chi connectivity index (χ1n) is 6.44. The average Bonchev–Trinajstić information content (AvgIpc) is 2.84. The zero-order valence-electron chi connectivity index (χ0n) is 10.7. The molecule has 1 unspecified atom stereocenters. The largest absolute Gasteiger partial charge is 0.306 e. The van der Waals surface area contributed by atoms with E-state index < -0.39 is 0 Å². The van der Waals surface area contributed by atoms with Crippen LogP contribution in [0.3, 0.4) is 0 Å². The lowest BCUT2D eigenvalue weighted by atomic mass is 10.0. The first-order chi connectivity index (χ1) is 9.22. The van der Waals surface area contributed by atoms with Gasteiger partial charge in [-0.1, -0.05) is 19.1 Å². The van der Waals surface area contributed by atoms with Crippen LogP contribution < -0.4 is 5.32 Å². The molecule has 1 aliphatic rings. The summed E-state index contributed by atoms with van der Waals surface area (Å²) in [6.45, 7) is 2.99. The van der Waals surface area contributed by atoms with E-state index >= 15 is 0 Å². The molecule has 1 aliphatic heterocycles. The minimum absolute atomic E-state index is 0.164. The molecular formula is C15H16FNS2. The lowest BCUT2D eigenvalue weighted by Crippen LogP contribution is -2.26. The summed E-state index contributed by atoms with van der Waals surface area (Å²) >= 11 is 3.78. The topological polar surface area (TPSA) is 12.0 Å². The molecule has 0 fully saturated rings. The fraction of sp³-hybridized carbons (Fsp3) is 0.333. The van der Waals surface area contributed by atoms with E-state index in [9.17, 15) is 4.39 Å². The van der Waals surface area contributed by atoms with Crippen molar-refractivity contribution in [3.63, 3.8) is 0 Å². The van der Waals surface area contributed by atoms with Crippen molar-refractivity contribution in [3.8, 4) is 0 Å². The second-order valence-electron chi connectivity index (χ2n) is 4.89.